The van der Waals surface area contributed by atoms with Gasteiger partial charge in [-0.1, -0.05) is 47.5 Å². The molecule has 9 heteroatoms. The number of piperidine rings is 1. The number of halogens is 2. The van der Waals surface area contributed by atoms with Gasteiger partial charge in [0.05, 0.1) is 4.91 Å². The maximum Gasteiger partial charge on any atom is 0.294 e. The molecule has 2 aliphatic heterocycles. The van der Waals surface area contributed by atoms with Crippen molar-refractivity contribution in [2.24, 2.45) is 0 Å². The molecule has 2 saturated heterocycles. The fraction of sp³-hybridized carbons (Fsp3) is 0.269. The Morgan fingerprint density at radius 1 is 1.03 bits per heavy atom. The first-order chi connectivity index (χ1) is 16.9. The molecule has 0 N–H and O–H groups in total. The molecule has 0 saturated carbocycles. The van der Waals surface area contributed by atoms with Crippen LogP contribution >= 0.6 is 35.0 Å². The number of benzene rings is 2. The SMILES string of the molecule is O=C(CN1C(=O)S/C(=C\c2cn(Cc3ccc(Cl)cc3Cl)c3ccccc23)C1=O)N1CCCCC1. The Labute approximate surface area is 217 Å². The summed E-state index contributed by atoms with van der Waals surface area (Å²) in [6, 6.07) is 13.3. The van der Waals surface area contributed by atoms with E-state index in [-0.39, 0.29) is 12.5 Å². The first kappa shape index (κ1) is 24.0. The number of likely N-dealkylation sites (tertiary alicyclic amines) is 1. The lowest BCUT2D eigenvalue weighted by Gasteiger charge is -2.27. The molecule has 2 fully saturated rings. The highest BCUT2D eigenvalue weighted by Gasteiger charge is 2.37. The predicted octanol–water partition coefficient (Wildman–Crippen LogP) is 6.05. The molecule has 0 spiro atoms. The van der Waals surface area contributed by atoms with Crippen LogP contribution in [0.2, 0.25) is 10.0 Å². The second-order valence-corrected chi connectivity index (χ2v) is 10.5. The minimum Gasteiger partial charge on any atom is -0.342 e. The highest BCUT2D eigenvalue weighted by Crippen LogP contribution is 2.34. The number of carbonyl (C=O) groups is 3. The van der Waals surface area contributed by atoms with Crippen LogP contribution in [-0.4, -0.2) is 51.1 Å². The molecule has 6 nitrogen and oxygen atoms in total. The Morgan fingerprint density at radius 2 is 1.80 bits per heavy atom. The average Bonchev–Trinajstić information content (AvgIpc) is 3.33. The predicted molar refractivity (Wildman–Crippen MR) is 141 cm³/mol. The Morgan fingerprint density at radius 3 is 2.57 bits per heavy atom. The van der Waals surface area contributed by atoms with Crippen LogP contribution in [0.3, 0.4) is 0 Å². The van der Waals surface area contributed by atoms with Gasteiger partial charge in [0.25, 0.3) is 11.1 Å². The third-order valence-electron chi connectivity index (χ3n) is 6.34. The molecule has 2 aromatic carbocycles. The van der Waals surface area contributed by atoms with E-state index in [4.69, 9.17) is 23.2 Å². The van der Waals surface area contributed by atoms with Gasteiger partial charge in [0, 0.05) is 52.3 Å². The summed E-state index contributed by atoms with van der Waals surface area (Å²) in [6.45, 7) is 1.68. The monoisotopic (exact) mass is 527 g/mol. The van der Waals surface area contributed by atoms with Gasteiger partial charge in [-0.15, -0.1) is 0 Å². The second kappa shape index (κ2) is 10.1. The summed E-state index contributed by atoms with van der Waals surface area (Å²) in [7, 11) is 0. The van der Waals surface area contributed by atoms with E-state index in [1.807, 2.05) is 36.5 Å². The molecule has 0 unspecified atom stereocenters. The summed E-state index contributed by atoms with van der Waals surface area (Å²) < 4.78 is 2.06. The molecule has 0 bridgehead atoms. The van der Waals surface area contributed by atoms with Gasteiger partial charge in [-0.05, 0) is 60.9 Å². The van der Waals surface area contributed by atoms with Crippen LogP contribution in [0.4, 0.5) is 4.79 Å². The van der Waals surface area contributed by atoms with Gasteiger partial charge < -0.3 is 9.47 Å². The number of nitrogens with zero attached hydrogens (tertiary/aromatic N) is 3. The van der Waals surface area contributed by atoms with Crippen LogP contribution in [-0.2, 0) is 16.1 Å². The largest absolute Gasteiger partial charge is 0.342 e. The van der Waals surface area contributed by atoms with Gasteiger partial charge in [-0.25, -0.2) is 0 Å². The van der Waals surface area contributed by atoms with Crippen LogP contribution in [0, 0.1) is 0 Å². The molecule has 0 radical (unpaired) electrons. The Kier molecular flexibility index (Phi) is 6.91. The van der Waals surface area contributed by atoms with Gasteiger partial charge in [-0.3, -0.25) is 19.3 Å². The molecule has 5 rings (SSSR count). The number of carbonyl (C=O) groups excluding carboxylic acids is 3. The summed E-state index contributed by atoms with van der Waals surface area (Å²) in [6.07, 6.45) is 6.70. The summed E-state index contributed by atoms with van der Waals surface area (Å²) in [4.78, 5) is 41.4. The number of rotatable bonds is 5. The molecule has 3 heterocycles. The number of para-hydroxylation sites is 1. The highest BCUT2D eigenvalue weighted by atomic mass is 35.5. The summed E-state index contributed by atoms with van der Waals surface area (Å²) in [5.41, 5.74) is 2.71. The lowest BCUT2D eigenvalue weighted by atomic mass is 10.1. The van der Waals surface area contributed by atoms with E-state index in [1.54, 1.807) is 23.1 Å². The minimum atomic E-state index is -0.428. The third-order valence-corrected chi connectivity index (χ3v) is 7.83. The third kappa shape index (κ3) is 4.99. The van der Waals surface area contributed by atoms with E-state index in [9.17, 15) is 14.4 Å². The maximum absolute atomic E-state index is 13.1. The quantitative estimate of drug-likeness (QED) is 0.379. The van der Waals surface area contributed by atoms with E-state index in [2.05, 4.69) is 4.57 Å². The minimum absolute atomic E-state index is 0.176. The molecular weight excluding hydrogens is 505 g/mol. The van der Waals surface area contributed by atoms with Crippen LogP contribution in [0.15, 0.2) is 53.6 Å². The van der Waals surface area contributed by atoms with Crippen molar-refractivity contribution >= 4 is 69.0 Å². The molecule has 180 valence electrons. The standard InChI is InChI=1S/C26H23Cl2N3O3S/c27-19-9-8-17(21(28)13-19)14-30-15-18(20-6-2-3-7-22(20)30)12-23-25(33)31(26(34)35-23)16-24(32)29-10-4-1-5-11-29/h2-3,6-9,12-13,15H,1,4-5,10-11,14,16H2/b23-12-. The maximum atomic E-state index is 13.1. The fourth-order valence-electron chi connectivity index (χ4n) is 4.51. The van der Waals surface area contributed by atoms with Crippen LogP contribution in [0.25, 0.3) is 17.0 Å². The van der Waals surface area contributed by atoms with Gasteiger partial charge in [0.1, 0.15) is 6.54 Å². The zero-order chi connectivity index (χ0) is 24.5. The summed E-state index contributed by atoms with van der Waals surface area (Å²) in [5, 5.41) is 1.69. The summed E-state index contributed by atoms with van der Waals surface area (Å²) in [5.74, 6) is -0.604. The Bertz CT molecular complexity index is 1360. The smallest absolute Gasteiger partial charge is 0.294 e. The normalized spacial score (nSPS) is 17.7. The lowest BCUT2D eigenvalue weighted by molar-refractivity contribution is -0.136. The van der Waals surface area contributed by atoms with Gasteiger partial charge in [0.2, 0.25) is 5.91 Å². The van der Waals surface area contributed by atoms with E-state index < -0.39 is 11.1 Å². The van der Waals surface area contributed by atoms with E-state index >= 15 is 0 Å². The topological polar surface area (TPSA) is 62.6 Å². The average molecular weight is 528 g/mol. The Balaban J connectivity index is 1.41. The van der Waals surface area contributed by atoms with Gasteiger partial charge in [-0.2, -0.15) is 0 Å². The van der Waals surface area contributed by atoms with Crippen molar-refractivity contribution in [2.75, 3.05) is 19.6 Å². The summed E-state index contributed by atoms with van der Waals surface area (Å²) >= 11 is 13.3. The van der Waals surface area contributed by atoms with Crippen molar-refractivity contribution in [1.82, 2.24) is 14.4 Å². The van der Waals surface area contributed by atoms with E-state index in [0.29, 0.717) is 34.6 Å². The Hall–Kier alpha value is -2.74. The molecule has 2 aliphatic rings. The molecule has 35 heavy (non-hydrogen) atoms. The van der Waals surface area contributed by atoms with Crippen LogP contribution in [0.1, 0.15) is 30.4 Å². The van der Waals surface area contributed by atoms with Crippen molar-refractivity contribution in [1.29, 1.82) is 0 Å². The van der Waals surface area contributed by atoms with Gasteiger partial charge in [0.15, 0.2) is 0 Å². The molecule has 3 aromatic rings. The first-order valence-corrected chi connectivity index (χ1v) is 13.0. The van der Waals surface area contributed by atoms with Crippen molar-refractivity contribution in [2.45, 2.75) is 25.8 Å². The number of amides is 3. The zero-order valence-electron chi connectivity index (χ0n) is 18.9. The van der Waals surface area contributed by atoms with Crippen molar-refractivity contribution in [3.05, 3.63) is 74.7 Å². The zero-order valence-corrected chi connectivity index (χ0v) is 21.2. The first-order valence-electron chi connectivity index (χ1n) is 11.5. The van der Waals surface area contributed by atoms with Crippen molar-refractivity contribution < 1.29 is 14.4 Å². The lowest BCUT2D eigenvalue weighted by Crippen LogP contribution is -2.44. The van der Waals surface area contributed by atoms with Gasteiger partial charge >= 0.3 is 0 Å². The molecule has 3 amide bonds. The number of thioether (sulfide) groups is 1. The van der Waals surface area contributed by atoms with Crippen LogP contribution in [0.5, 0.6) is 0 Å². The second-order valence-electron chi connectivity index (χ2n) is 8.67. The molecule has 1 aromatic heterocycles. The van der Waals surface area contributed by atoms with E-state index in [0.717, 1.165) is 58.0 Å². The number of aromatic nitrogens is 1. The number of hydrogen-bond donors (Lipinski definition) is 0. The number of imide groups is 1. The number of fused-ring (bicyclic) bond motifs is 1. The van der Waals surface area contributed by atoms with Crippen LogP contribution < -0.4 is 0 Å². The molecule has 0 atom stereocenters. The fourth-order valence-corrected chi connectivity index (χ4v) is 5.81. The molecule has 0 aliphatic carbocycles. The van der Waals surface area contributed by atoms with E-state index in [1.165, 1.54) is 0 Å². The number of hydrogen-bond acceptors (Lipinski definition) is 4. The van der Waals surface area contributed by atoms with Crippen molar-refractivity contribution in [3.8, 4) is 0 Å². The highest BCUT2D eigenvalue weighted by molar-refractivity contribution is 8.18. The van der Waals surface area contributed by atoms with Crippen molar-refractivity contribution in [3.63, 3.8) is 0 Å². The molecular formula is C26H23Cl2N3O3S.